The molecular weight excluding hydrogens is 817 g/mol. The predicted molar refractivity (Wildman–Crippen MR) is 224 cm³/mol. The number of hydrogen-bond acceptors (Lipinski definition) is 10. The highest BCUT2D eigenvalue weighted by molar-refractivity contribution is 5.95. The van der Waals surface area contributed by atoms with Crippen LogP contribution in [0.1, 0.15) is 43.0 Å². The second-order valence-electron chi connectivity index (χ2n) is 14.4. The van der Waals surface area contributed by atoms with Gasteiger partial charge in [-0.2, -0.15) is 0 Å². The average molecular weight is 860 g/mol. The Morgan fingerprint density at radius 3 is 1.41 bits per heavy atom. The van der Waals surface area contributed by atoms with E-state index in [1.165, 1.54) is 60.7 Å². The molecule has 0 saturated carbocycles. The van der Waals surface area contributed by atoms with Crippen LogP contribution in [0.5, 0.6) is 0 Å². The molecule has 0 radical (unpaired) electrons. The van der Waals surface area contributed by atoms with E-state index in [4.69, 9.17) is 24.7 Å². The third-order valence-corrected chi connectivity index (χ3v) is 10.6. The number of halogens is 2. The number of carbonyl (C=O) groups excluding carboxylic acids is 2. The normalized spacial score (nSPS) is 17.9. The zero-order valence-corrected chi connectivity index (χ0v) is 33.5. The molecule has 5 N–H and O–H groups in total. The van der Waals surface area contributed by atoms with Crippen LogP contribution < -0.4 is 5.73 Å². The lowest BCUT2D eigenvalue weighted by atomic mass is 9.78. The Morgan fingerprint density at radius 2 is 1.03 bits per heavy atom. The maximum absolute atomic E-state index is 14.8. The molecular formula is C49H43F2NO11. The van der Waals surface area contributed by atoms with Gasteiger partial charge in [-0.15, -0.1) is 0 Å². The summed E-state index contributed by atoms with van der Waals surface area (Å²) in [6.45, 7) is -0.406. The maximum Gasteiger partial charge on any atom is 0.349 e. The molecule has 1 fully saturated rings. The number of esters is 2. The van der Waals surface area contributed by atoms with Crippen molar-refractivity contribution in [1.82, 2.24) is 0 Å². The molecule has 6 aromatic carbocycles. The minimum atomic E-state index is -2.21. The van der Waals surface area contributed by atoms with Crippen molar-refractivity contribution in [3.63, 3.8) is 0 Å². The Morgan fingerprint density at radius 1 is 0.635 bits per heavy atom. The van der Waals surface area contributed by atoms with Gasteiger partial charge >= 0.3 is 23.9 Å². The fourth-order valence-corrected chi connectivity index (χ4v) is 7.36. The molecule has 12 nitrogen and oxygen atoms in total. The van der Waals surface area contributed by atoms with E-state index in [1.54, 1.807) is 12.1 Å². The number of nitrogens with two attached hydrogens (primary N) is 1. The number of aliphatic hydroxyl groups is 1. The predicted octanol–water partition coefficient (Wildman–Crippen LogP) is 6.74. The van der Waals surface area contributed by atoms with Gasteiger partial charge in [-0.25, -0.2) is 28.0 Å². The summed E-state index contributed by atoms with van der Waals surface area (Å²) >= 11 is 0. The monoisotopic (exact) mass is 859 g/mol. The van der Waals surface area contributed by atoms with Crippen molar-refractivity contribution in [2.45, 2.75) is 29.5 Å². The lowest BCUT2D eigenvalue weighted by molar-refractivity contribution is -0.166. The van der Waals surface area contributed by atoms with Crippen LogP contribution >= 0.6 is 0 Å². The van der Waals surface area contributed by atoms with E-state index in [0.29, 0.717) is 0 Å². The van der Waals surface area contributed by atoms with Crippen molar-refractivity contribution in [2.75, 3.05) is 19.8 Å². The van der Waals surface area contributed by atoms with Crippen LogP contribution in [0.15, 0.2) is 170 Å². The van der Waals surface area contributed by atoms with Crippen molar-refractivity contribution in [3.05, 3.63) is 215 Å². The summed E-state index contributed by atoms with van der Waals surface area (Å²) in [5.74, 6) is -8.37. The summed E-state index contributed by atoms with van der Waals surface area (Å²) in [5, 5.41) is 28.8. The molecule has 324 valence electrons. The van der Waals surface area contributed by atoms with Gasteiger partial charge in [-0.1, -0.05) is 140 Å². The van der Waals surface area contributed by atoms with Gasteiger partial charge < -0.3 is 40.0 Å². The molecule has 1 heterocycles. The second kappa shape index (κ2) is 20.6. The number of hydrogen-bond donors (Lipinski definition) is 4. The van der Waals surface area contributed by atoms with E-state index in [0.717, 1.165) is 22.8 Å². The first-order valence-corrected chi connectivity index (χ1v) is 19.6. The van der Waals surface area contributed by atoms with Gasteiger partial charge in [0.15, 0.2) is 11.6 Å². The van der Waals surface area contributed by atoms with Crippen LogP contribution in [0.3, 0.4) is 0 Å². The number of aliphatic carboxylic acids is 2. The Labute approximate surface area is 361 Å². The molecule has 3 unspecified atom stereocenters. The quantitative estimate of drug-likeness (QED) is 0.0629. The molecule has 63 heavy (non-hydrogen) atoms. The minimum absolute atomic E-state index is 0.0190. The largest absolute Gasteiger partial charge is 0.478 e. The van der Waals surface area contributed by atoms with Crippen molar-refractivity contribution in [3.8, 4) is 0 Å². The van der Waals surface area contributed by atoms with Crippen molar-refractivity contribution in [1.29, 1.82) is 0 Å². The van der Waals surface area contributed by atoms with Gasteiger partial charge in [0, 0.05) is 11.5 Å². The summed E-state index contributed by atoms with van der Waals surface area (Å²) in [4.78, 5) is 46.8. The van der Waals surface area contributed by atoms with Crippen molar-refractivity contribution >= 4 is 23.9 Å². The second-order valence-corrected chi connectivity index (χ2v) is 14.4. The molecule has 7 rings (SSSR count). The van der Waals surface area contributed by atoms with E-state index in [-0.39, 0.29) is 36.5 Å². The topological polar surface area (TPSA) is 192 Å². The lowest BCUT2D eigenvalue weighted by Crippen LogP contribution is -2.48. The molecule has 1 aliphatic rings. The molecule has 6 aromatic rings. The molecule has 5 atom stereocenters. The fraction of sp³-hybridized carbons (Fsp3) is 0.184. The van der Waals surface area contributed by atoms with Crippen LogP contribution in [-0.4, -0.2) is 77.3 Å². The molecule has 0 aromatic heterocycles. The fourth-order valence-electron chi connectivity index (χ4n) is 7.36. The first-order valence-electron chi connectivity index (χ1n) is 19.6. The minimum Gasteiger partial charge on any atom is -0.478 e. The average Bonchev–Trinajstić information content (AvgIpc) is 3.65. The van der Waals surface area contributed by atoms with E-state index in [1.807, 2.05) is 91.0 Å². The molecule has 0 bridgehead atoms. The number of carbonyl (C=O) groups is 4. The van der Waals surface area contributed by atoms with Gasteiger partial charge in [0.25, 0.3) is 0 Å². The highest BCUT2D eigenvalue weighted by atomic mass is 19.2. The Kier molecular flexibility index (Phi) is 14.9. The van der Waals surface area contributed by atoms with Crippen LogP contribution in [0.4, 0.5) is 8.78 Å². The van der Waals surface area contributed by atoms with E-state index in [2.05, 4.69) is 0 Å². The molecule has 0 aliphatic carbocycles. The van der Waals surface area contributed by atoms with Gasteiger partial charge in [-0.05, 0) is 47.0 Å². The number of aliphatic hydroxyl groups excluding tert-OH is 1. The van der Waals surface area contributed by atoms with Crippen LogP contribution in [0.2, 0.25) is 0 Å². The smallest absolute Gasteiger partial charge is 0.349 e. The van der Waals surface area contributed by atoms with Gasteiger partial charge in [0.1, 0.15) is 5.60 Å². The number of carboxylic acid groups (broad SMARTS) is 2. The highest BCUT2D eigenvalue weighted by Crippen LogP contribution is 2.43. The summed E-state index contributed by atoms with van der Waals surface area (Å²) in [7, 11) is 0. The van der Waals surface area contributed by atoms with E-state index in [9.17, 15) is 43.3 Å². The van der Waals surface area contributed by atoms with E-state index < -0.39 is 70.9 Å². The first-order chi connectivity index (χ1) is 30.4. The van der Waals surface area contributed by atoms with Crippen molar-refractivity contribution in [2.24, 2.45) is 11.7 Å². The SMILES string of the molecule is NC1(c2cccc(F)c2F)CO[C@H](COC(c2ccccc2)(c2ccccc2)c2ccccc2)[C@H]1CO.O=C(OC(C(=O)O)C(OC(=O)c1ccccc1)C(=O)O)c1ccccc1. The highest BCUT2D eigenvalue weighted by Gasteiger charge is 2.51. The van der Waals surface area contributed by atoms with E-state index >= 15 is 0 Å². The van der Waals surface area contributed by atoms with Gasteiger partial charge in [-0.3, -0.25) is 0 Å². The van der Waals surface area contributed by atoms with Crippen LogP contribution in [-0.2, 0) is 39.7 Å². The van der Waals surface area contributed by atoms with Crippen molar-refractivity contribution < 1.29 is 62.2 Å². The molecule has 14 heteroatoms. The molecule has 0 amide bonds. The summed E-state index contributed by atoms with van der Waals surface area (Å²) in [6.07, 6.45) is -5.09. The van der Waals surface area contributed by atoms with Crippen LogP contribution in [0, 0.1) is 17.6 Å². The molecule has 0 spiro atoms. The number of benzene rings is 6. The lowest BCUT2D eigenvalue weighted by Gasteiger charge is -2.37. The van der Waals surface area contributed by atoms with Gasteiger partial charge in [0.05, 0.1) is 42.6 Å². The Bertz CT molecular complexity index is 2300. The third-order valence-electron chi connectivity index (χ3n) is 10.6. The Hall–Kier alpha value is -7.10. The Balaban J connectivity index is 0.000000224. The number of ether oxygens (including phenoxy) is 4. The summed E-state index contributed by atoms with van der Waals surface area (Å²) in [6, 6.07) is 48.4. The maximum atomic E-state index is 14.8. The third kappa shape index (κ3) is 10.2. The first kappa shape index (κ1) is 45.4. The molecule has 1 aliphatic heterocycles. The summed E-state index contributed by atoms with van der Waals surface area (Å²) < 4.78 is 51.2. The summed E-state index contributed by atoms with van der Waals surface area (Å²) in [5.41, 5.74) is 7.00. The number of rotatable bonds is 15. The zero-order chi connectivity index (χ0) is 45.0. The van der Waals surface area contributed by atoms with Crippen LogP contribution in [0.25, 0.3) is 0 Å². The number of carboxylic acids is 2. The van der Waals surface area contributed by atoms with Gasteiger partial charge in [0.2, 0.25) is 12.2 Å². The zero-order valence-electron chi connectivity index (χ0n) is 33.5. The standard InChI is InChI=1S/C31H29F2NO3.C18H14O8/c32-27-18-10-17-25(29(27)33)30(34)21-36-28(26(30)19-35)20-37-31(22-11-4-1-5-12-22,23-13-6-2-7-14-23)24-15-8-3-9-16-24;19-15(20)13(25-17(23)11-7-3-1-4-8-11)14(16(21)22)26-18(24)12-9-5-2-6-10-12/h1-18,26,28,35H,19-21,34H2;1-10,13-14H,(H,19,20)(H,21,22)/t26-,28-,30?;/m1./s1. The molecule has 1 saturated heterocycles.